The maximum absolute atomic E-state index is 6.61. The standard InChI is InChI=1S/C16H21BrINO2/c17-14-2-1-12(18)9-13(14)15(19)11-3-6-21-16(10-11)4-7-20-8-5-16/h1-2,9,11,15H,3-8,10,19H2. The van der Waals surface area contributed by atoms with Gasteiger partial charge in [0.05, 0.1) is 5.60 Å². The lowest BCUT2D eigenvalue weighted by Crippen LogP contribution is -2.46. The summed E-state index contributed by atoms with van der Waals surface area (Å²) in [4.78, 5) is 0. The van der Waals surface area contributed by atoms with Crippen molar-refractivity contribution in [2.75, 3.05) is 19.8 Å². The molecule has 5 heteroatoms. The topological polar surface area (TPSA) is 44.5 Å². The van der Waals surface area contributed by atoms with E-state index in [1.54, 1.807) is 0 Å². The summed E-state index contributed by atoms with van der Waals surface area (Å²) in [6, 6.07) is 6.46. The second kappa shape index (κ2) is 6.83. The highest BCUT2D eigenvalue weighted by molar-refractivity contribution is 14.1. The number of rotatable bonds is 2. The van der Waals surface area contributed by atoms with Crippen LogP contribution in [0.4, 0.5) is 0 Å². The highest BCUT2D eigenvalue weighted by atomic mass is 127. The van der Waals surface area contributed by atoms with Crippen LogP contribution in [-0.2, 0) is 9.47 Å². The second-order valence-corrected chi connectivity index (χ2v) is 8.19. The Hall–Kier alpha value is 0.310. The average Bonchev–Trinajstić information content (AvgIpc) is 2.50. The summed E-state index contributed by atoms with van der Waals surface area (Å²) in [5.74, 6) is 0.478. The Morgan fingerprint density at radius 2 is 2.05 bits per heavy atom. The van der Waals surface area contributed by atoms with E-state index >= 15 is 0 Å². The molecule has 0 aromatic heterocycles. The zero-order chi connectivity index (χ0) is 14.9. The number of hydrogen-bond donors (Lipinski definition) is 1. The first-order chi connectivity index (χ1) is 10.1. The Kier molecular flexibility index (Phi) is 5.26. The fourth-order valence-corrected chi connectivity index (χ4v) is 4.51. The zero-order valence-electron chi connectivity index (χ0n) is 12.0. The Morgan fingerprint density at radius 3 is 2.81 bits per heavy atom. The lowest BCUT2D eigenvalue weighted by Gasteiger charge is -2.45. The smallest absolute Gasteiger partial charge is 0.0729 e. The van der Waals surface area contributed by atoms with Gasteiger partial charge in [-0.3, -0.25) is 0 Å². The molecule has 0 aliphatic carbocycles. The molecule has 1 aromatic carbocycles. The molecule has 2 atom stereocenters. The van der Waals surface area contributed by atoms with E-state index in [-0.39, 0.29) is 11.6 Å². The van der Waals surface area contributed by atoms with Gasteiger partial charge in [0.2, 0.25) is 0 Å². The Bertz CT molecular complexity index is 500. The van der Waals surface area contributed by atoms with E-state index in [1.165, 1.54) is 9.13 Å². The van der Waals surface area contributed by atoms with Gasteiger partial charge in [-0.25, -0.2) is 0 Å². The molecule has 2 unspecified atom stereocenters. The van der Waals surface area contributed by atoms with E-state index in [1.807, 2.05) is 0 Å². The Morgan fingerprint density at radius 1 is 1.29 bits per heavy atom. The van der Waals surface area contributed by atoms with Crippen molar-refractivity contribution in [2.45, 2.75) is 37.3 Å². The fraction of sp³-hybridized carbons (Fsp3) is 0.625. The van der Waals surface area contributed by atoms with Crippen molar-refractivity contribution in [3.63, 3.8) is 0 Å². The molecule has 1 spiro atoms. The predicted octanol–water partition coefficient (Wildman–Crippen LogP) is 4.03. The van der Waals surface area contributed by atoms with Crippen LogP contribution in [0.1, 0.15) is 37.3 Å². The first-order valence-corrected chi connectivity index (χ1v) is 9.39. The molecule has 3 rings (SSSR count). The van der Waals surface area contributed by atoms with Gasteiger partial charge in [0, 0.05) is 33.9 Å². The van der Waals surface area contributed by atoms with Crippen molar-refractivity contribution in [1.29, 1.82) is 0 Å². The van der Waals surface area contributed by atoms with Crippen LogP contribution in [0.5, 0.6) is 0 Å². The molecule has 2 aliphatic heterocycles. The summed E-state index contributed by atoms with van der Waals surface area (Å²) in [5, 5.41) is 0. The van der Waals surface area contributed by atoms with Crippen LogP contribution in [0.15, 0.2) is 22.7 Å². The summed E-state index contributed by atoms with van der Waals surface area (Å²) in [7, 11) is 0. The summed E-state index contributed by atoms with van der Waals surface area (Å²) < 4.78 is 14.0. The molecule has 2 saturated heterocycles. The second-order valence-electron chi connectivity index (χ2n) is 6.09. The molecule has 2 fully saturated rings. The normalized spacial score (nSPS) is 26.7. The molecule has 116 valence electrons. The van der Waals surface area contributed by atoms with Crippen LogP contribution in [0.3, 0.4) is 0 Å². The molecule has 0 bridgehead atoms. The maximum Gasteiger partial charge on any atom is 0.0729 e. The van der Waals surface area contributed by atoms with Gasteiger partial charge in [0.15, 0.2) is 0 Å². The molecule has 0 amide bonds. The average molecular weight is 466 g/mol. The largest absolute Gasteiger partial charge is 0.381 e. The van der Waals surface area contributed by atoms with Gasteiger partial charge in [-0.15, -0.1) is 0 Å². The quantitative estimate of drug-likeness (QED) is 0.670. The van der Waals surface area contributed by atoms with Gasteiger partial charge in [-0.05, 0) is 78.0 Å². The number of benzene rings is 1. The molecular weight excluding hydrogens is 445 g/mol. The number of ether oxygens (including phenoxy) is 2. The zero-order valence-corrected chi connectivity index (χ0v) is 15.7. The lowest BCUT2D eigenvalue weighted by molar-refractivity contribution is -0.149. The van der Waals surface area contributed by atoms with Crippen LogP contribution in [0.25, 0.3) is 0 Å². The Balaban J connectivity index is 1.77. The Labute approximate surface area is 148 Å². The third-order valence-electron chi connectivity index (χ3n) is 4.76. The summed E-state index contributed by atoms with van der Waals surface area (Å²) in [6.45, 7) is 2.45. The summed E-state index contributed by atoms with van der Waals surface area (Å²) >= 11 is 6.00. The van der Waals surface area contributed by atoms with Crippen molar-refractivity contribution in [3.05, 3.63) is 31.8 Å². The summed E-state index contributed by atoms with van der Waals surface area (Å²) in [5.41, 5.74) is 7.83. The number of nitrogens with two attached hydrogens (primary N) is 1. The minimum atomic E-state index is 0.00714. The van der Waals surface area contributed by atoms with Crippen molar-refractivity contribution >= 4 is 38.5 Å². The van der Waals surface area contributed by atoms with E-state index in [4.69, 9.17) is 15.2 Å². The van der Waals surface area contributed by atoms with Gasteiger partial charge in [0.1, 0.15) is 0 Å². The van der Waals surface area contributed by atoms with Crippen molar-refractivity contribution in [3.8, 4) is 0 Å². The molecule has 21 heavy (non-hydrogen) atoms. The highest BCUT2D eigenvalue weighted by Crippen LogP contribution is 2.42. The number of halogens is 2. The van der Waals surface area contributed by atoms with Crippen LogP contribution >= 0.6 is 38.5 Å². The predicted molar refractivity (Wildman–Crippen MR) is 95.2 cm³/mol. The molecular formula is C16H21BrINO2. The molecule has 0 saturated carbocycles. The van der Waals surface area contributed by atoms with Gasteiger partial charge >= 0.3 is 0 Å². The van der Waals surface area contributed by atoms with Gasteiger partial charge in [-0.2, -0.15) is 0 Å². The molecule has 2 heterocycles. The van der Waals surface area contributed by atoms with Gasteiger partial charge in [0.25, 0.3) is 0 Å². The minimum Gasteiger partial charge on any atom is -0.381 e. The first kappa shape index (κ1) is 16.2. The van der Waals surface area contributed by atoms with E-state index in [9.17, 15) is 0 Å². The highest BCUT2D eigenvalue weighted by Gasteiger charge is 2.41. The van der Waals surface area contributed by atoms with E-state index in [2.05, 4.69) is 56.7 Å². The van der Waals surface area contributed by atoms with Crippen LogP contribution in [0, 0.1) is 9.49 Å². The van der Waals surface area contributed by atoms with Crippen molar-refractivity contribution in [2.24, 2.45) is 11.7 Å². The van der Waals surface area contributed by atoms with Crippen LogP contribution in [0.2, 0.25) is 0 Å². The lowest BCUT2D eigenvalue weighted by atomic mass is 9.76. The first-order valence-electron chi connectivity index (χ1n) is 7.52. The molecule has 3 nitrogen and oxygen atoms in total. The fourth-order valence-electron chi connectivity index (χ4n) is 3.49. The third-order valence-corrected chi connectivity index (χ3v) is 6.15. The SMILES string of the molecule is NC(c1cc(I)ccc1Br)C1CCOC2(CCOCC2)C1. The van der Waals surface area contributed by atoms with Gasteiger partial charge < -0.3 is 15.2 Å². The minimum absolute atomic E-state index is 0.00714. The summed E-state index contributed by atoms with van der Waals surface area (Å²) in [6.07, 6.45) is 4.10. The van der Waals surface area contributed by atoms with Crippen molar-refractivity contribution in [1.82, 2.24) is 0 Å². The monoisotopic (exact) mass is 465 g/mol. The van der Waals surface area contributed by atoms with Crippen LogP contribution in [-0.4, -0.2) is 25.4 Å². The van der Waals surface area contributed by atoms with Crippen LogP contribution < -0.4 is 5.73 Å². The molecule has 0 radical (unpaired) electrons. The maximum atomic E-state index is 6.61. The van der Waals surface area contributed by atoms with E-state index < -0.39 is 0 Å². The van der Waals surface area contributed by atoms with E-state index in [0.29, 0.717) is 5.92 Å². The van der Waals surface area contributed by atoms with Crippen molar-refractivity contribution < 1.29 is 9.47 Å². The molecule has 2 aliphatic rings. The molecule has 2 N–H and O–H groups in total. The third kappa shape index (κ3) is 3.63. The molecule has 1 aromatic rings. The number of hydrogen-bond acceptors (Lipinski definition) is 3. The van der Waals surface area contributed by atoms with Gasteiger partial charge in [-0.1, -0.05) is 15.9 Å². The van der Waals surface area contributed by atoms with E-state index in [0.717, 1.165) is 50.0 Å².